The molecule has 3 nitrogen and oxygen atoms in total. The maximum Gasteiger partial charge on any atom is 0.227 e. The second-order valence-electron chi connectivity index (χ2n) is 3.83. The van der Waals surface area contributed by atoms with E-state index in [1.54, 1.807) is 29.1 Å². The largest absolute Gasteiger partial charge is 0.392 e. The second-order valence-corrected chi connectivity index (χ2v) is 3.83. The molecule has 2 aromatic rings. The van der Waals surface area contributed by atoms with E-state index in [0.29, 0.717) is 12.1 Å². The lowest BCUT2D eigenvalue weighted by atomic mass is 10.1. The number of aliphatic hydroxyl groups excluding tert-OH is 1. The maximum absolute atomic E-state index is 11.9. The van der Waals surface area contributed by atoms with Gasteiger partial charge in [0.2, 0.25) is 12.3 Å². The van der Waals surface area contributed by atoms with E-state index in [2.05, 4.69) is 0 Å². The number of Topliss-reactive ketones (excluding diaryl/α,β-unsaturated/α-hetero) is 1. The number of aromatic nitrogens is 1. The summed E-state index contributed by atoms with van der Waals surface area (Å²) in [4.78, 5) is 11.9. The number of carbonyl (C=O) groups is 1. The van der Waals surface area contributed by atoms with Crippen LogP contribution in [0.2, 0.25) is 0 Å². The van der Waals surface area contributed by atoms with Crippen molar-refractivity contribution in [3.8, 4) is 0 Å². The molecule has 0 aliphatic rings. The molecular weight excluding hydrogens is 214 g/mol. The molecule has 0 spiro atoms. The van der Waals surface area contributed by atoms with Crippen LogP contribution in [0.1, 0.15) is 15.9 Å². The highest BCUT2D eigenvalue weighted by Crippen LogP contribution is 2.00. The van der Waals surface area contributed by atoms with Gasteiger partial charge in [0.05, 0.1) is 6.61 Å². The quantitative estimate of drug-likeness (QED) is 0.634. The van der Waals surface area contributed by atoms with E-state index in [9.17, 15) is 4.79 Å². The van der Waals surface area contributed by atoms with Crippen LogP contribution in [0.3, 0.4) is 0 Å². The number of rotatable bonds is 4. The average molecular weight is 228 g/mol. The highest BCUT2D eigenvalue weighted by Gasteiger charge is 2.10. The van der Waals surface area contributed by atoms with Gasteiger partial charge < -0.3 is 5.11 Å². The molecule has 1 N–H and O–H groups in total. The molecule has 0 saturated heterocycles. The topological polar surface area (TPSA) is 41.2 Å². The van der Waals surface area contributed by atoms with Crippen LogP contribution in [0.5, 0.6) is 0 Å². The third kappa shape index (κ3) is 2.98. The predicted molar refractivity (Wildman–Crippen MR) is 63.3 cm³/mol. The Bertz CT molecular complexity index is 491. The summed E-state index contributed by atoms with van der Waals surface area (Å²) in [5.74, 6) is 0.0762. The zero-order valence-electron chi connectivity index (χ0n) is 9.41. The Labute approximate surface area is 100.0 Å². The molecule has 17 heavy (non-hydrogen) atoms. The highest BCUT2D eigenvalue weighted by atomic mass is 16.3. The van der Waals surface area contributed by atoms with Gasteiger partial charge in [0, 0.05) is 17.7 Å². The van der Waals surface area contributed by atoms with Crippen molar-refractivity contribution >= 4 is 5.78 Å². The molecule has 1 aromatic heterocycles. The van der Waals surface area contributed by atoms with Gasteiger partial charge in [0.25, 0.3) is 0 Å². The summed E-state index contributed by atoms with van der Waals surface area (Å²) in [7, 11) is 0. The van der Waals surface area contributed by atoms with Crippen LogP contribution >= 0.6 is 0 Å². The molecule has 1 aromatic carbocycles. The summed E-state index contributed by atoms with van der Waals surface area (Å²) in [6.07, 6.45) is 3.60. The first kappa shape index (κ1) is 11.5. The average Bonchev–Trinajstić information content (AvgIpc) is 2.40. The van der Waals surface area contributed by atoms with E-state index in [-0.39, 0.29) is 12.4 Å². The van der Waals surface area contributed by atoms with Crippen LogP contribution in [-0.2, 0) is 13.2 Å². The van der Waals surface area contributed by atoms with E-state index in [1.807, 2.05) is 30.3 Å². The van der Waals surface area contributed by atoms with E-state index < -0.39 is 0 Å². The molecule has 0 saturated carbocycles. The molecule has 0 amide bonds. The fourth-order valence-electron chi connectivity index (χ4n) is 1.58. The summed E-state index contributed by atoms with van der Waals surface area (Å²) in [6, 6.07) is 12.8. The van der Waals surface area contributed by atoms with Crippen LogP contribution in [0.15, 0.2) is 54.9 Å². The lowest BCUT2D eigenvalue weighted by Crippen LogP contribution is -2.37. The van der Waals surface area contributed by atoms with Crippen LogP contribution in [-0.4, -0.2) is 10.9 Å². The first-order chi connectivity index (χ1) is 8.29. The van der Waals surface area contributed by atoms with E-state index >= 15 is 0 Å². The Morgan fingerprint density at radius 2 is 1.71 bits per heavy atom. The molecule has 3 heteroatoms. The summed E-state index contributed by atoms with van der Waals surface area (Å²) in [5.41, 5.74) is 1.56. The Morgan fingerprint density at radius 1 is 1.06 bits per heavy atom. The predicted octanol–water partition coefficient (Wildman–Crippen LogP) is 1.35. The molecule has 0 fully saturated rings. The third-order valence-electron chi connectivity index (χ3n) is 2.56. The van der Waals surface area contributed by atoms with Gasteiger partial charge in [-0.05, 0) is 5.56 Å². The smallest absolute Gasteiger partial charge is 0.227 e. The molecule has 0 bridgehead atoms. The van der Waals surface area contributed by atoms with Crippen LogP contribution in [0.25, 0.3) is 0 Å². The monoisotopic (exact) mass is 228 g/mol. The fourth-order valence-corrected chi connectivity index (χ4v) is 1.58. The lowest BCUT2D eigenvalue weighted by Gasteiger charge is -1.98. The molecule has 0 atom stereocenters. The molecule has 0 unspecified atom stereocenters. The molecule has 0 aliphatic heterocycles. The van der Waals surface area contributed by atoms with E-state index in [0.717, 1.165) is 5.56 Å². The van der Waals surface area contributed by atoms with Crippen molar-refractivity contribution < 1.29 is 14.5 Å². The number of hydrogen-bond acceptors (Lipinski definition) is 2. The van der Waals surface area contributed by atoms with Crippen LogP contribution < -0.4 is 4.57 Å². The Kier molecular flexibility index (Phi) is 3.62. The summed E-state index contributed by atoms with van der Waals surface area (Å²) < 4.78 is 1.80. The number of hydrogen-bond donors (Lipinski definition) is 1. The van der Waals surface area contributed by atoms with Gasteiger partial charge >= 0.3 is 0 Å². The van der Waals surface area contributed by atoms with E-state index in [1.165, 1.54) is 0 Å². The van der Waals surface area contributed by atoms with Gasteiger partial charge in [-0.3, -0.25) is 4.79 Å². The highest BCUT2D eigenvalue weighted by molar-refractivity contribution is 5.94. The van der Waals surface area contributed by atoms with E-state index in [4.69, 9.17) is 5.11 Å². The van der Waals surface area contributed by atoms with Crippen molar-refractivity contribution in [3.05, 3.63) is 66.0 Å². The van der Waals surface area contributed by atoms with Crippen LogP contribution in [0.4, 0.5) is 0 Å². The van der Waals surface area contributed by atoms with Crippen molar-refractivity contribution in [1.82, 2.24) is 0 Å². The van der Waals surface area contributed by atoms with Crippen molar-refractivity contribution in [1.29, 1.82) is 0 Å². The van der Waals surface area contributed by atoms with Gasteiger partial charge in [-0.1, -0.05) is 30.3 Å². The molecule has 0 radical (unpaired) electrons. The minimum absolute atomic E-state index is 0.0213. The zero-order chi connectivity index (χ0) is 12.1. The van der Waals surface area contributed by atoms with Crippen molar-refractivity contribution in [2.75, 3.05) is 0 Å². The minimum Gasteiger partial charge on any atom is -0.392 e. The van der Waals surface area contributed by atoms with Gasteiger partial charge in [0.1, 0.15) is 0 Å². The van der Waals surface area contributed by atoms with Crippen molar-refractivity contribution in [2.45, 2.75) is 13.2 Å². The fraction of sp³-hybridized carbons (Fsp3) is 0.143. The number of ketones is 1. The normalized spacial score (nSPS) is 10.2. The number of carbonyl (C=O) groups excluding carboxylic acids is 1. The molecule has 1 heterocycles. The van der Waals surface area contributed by atoms with Gasteiger partial charge in [0.15, 0.2) is 12.4 Å². The molecule has 2 rings (SSSR count). The van der Waals surface area contributed by atoms with Crippen molar-refractivity contribution in [2.24, 2.45) is 0 Å². The number of nitrogens with zero attached hydrogens (tertiary/aromatic N) is 1. The Balaban J connectivity index is 2.08. The molecule has 86 valence electrons. The number of benzene rings is 1. The first-order valence-electron chi connectivity index (χ1n) is 5.46. The number of pyridine rings is 1. The summed E-state index contributed by atoms with van der Waals surface area (Å²) in [5, 5.41) is 8.91. The second kappa shape index (κ2) is 5.37. The van der Waals surface area contributed by atoms with Gasteiger partial charge in [-0.25, -0.2) is 0 Å². The Hall–Kier alpha value is -2.00. The summed E-state index contributed by atoms with van der Waals surface area (Å²) in [6.45, 7) is 0.337. The van der Waals surface area contributed by atoms with Crippen LogP contribution in [0, 0.1) is 0 Å². The minimum atomic E-state index is 0.0213. The third-order valence-corrected chi connectivity index (χ3v) is 2.56. The lowest BCUT2D eigenvalue weighted by molar-refractivity contribution is -0.683. The Morgan fingerprint density at radius 3 is 2.29 bits per heavy atom. The van der Waals surface area contributed by atoms with Gasteiger partial charge in [-0.15, -0.1) is 0 Å². The maximum atomic E-state index is 11.9. The van der Waals surface area contributed by atoms with Crippen molar-refractivity contribution in [3.63, 3.8) is 0 Å². The molecule has 0 aliphatic carbocycles. The SMILES string of the molecule is O=C(C[n+]1ccc(CO)cc1)c1ccccc1. The first-order valence-corrected chi connectivity index (χ1v) is 5.46. The zero-order valence-corrected chi connectivity index (χ0v) is 9.41. The van der Waals surface area contributed by atoms with Gasteiger partial charge in [-0.2, -0.15) is 4.57 Å². The summed E-state index contributed by atoms with van der Waals surface area (Å²) >= 11 is 0. The standard InChI is InChI=1S/C14H14NO2/c16-11-12-6-8-15(9-7-12)10-14(17)13-4-2-1-3-5-13/h1-9,16H,10-11H2/q+1. The molecular formula is C14H14NO2+. The number of aliphatic hydroxyl groups is 1.